The van der Waals surface area contributed by atoms with Gasteiger partial charge in [0.2, 0.25) is 0 Å². The minimum Gasteiger partial charge on any atom is -0.380 e. The second kappa shape index (κ2) is 4.65. The predicted molar refractivity (Wildman–Crippen MR) is 63.2 cm³/mol. The predicted octanol–water partition coefficient (Wildman–Crippen LogP) is -0.0589. The Hall–Kier alpha value is -1.36. The zero-order valence-electron chi connectivity index (χ0n) is 9.41. The number of nitrogens with zero attached hydrogens (tertiary/aromatic N) is 1. The van der Waals surface area contributed by atoms with Crippen LogP contribution in [0.3, 0.4) is 0 Å². The number of ether oxygens (including phenoxy) is 1. The summed E-state index contributed by atoms with van der Waals surface area (Å²) in [5.74, 6) is 0. The zero-order valence-corrected chi connectivity index (χ0v) is 9.41. The molecular formula is C11H16N2O3. The van der Waals surface area contributed by atoms with Crippen molar-refractivity contribution < 1.29 is 4.74 Å². The Kier molecular flexibility index (Phi) is 3.24. The van der Waals surface area contributed by atoms with Crippen LogP contribution in [0.4, 0.5) is 11.4 Å². The van der Waals surface area contributed by atoms with E-state index >= 15 is 0 Å². The van der Waals surface area contributed by atoms with Crippen molar-refractivity contribution in [2.24, 2.45) is 0 Å². The molecule has 0 aromatic heterocycles. The monoisotopic (exact) mass is 224 g/mol. The van der Waals surface area contributed by atoms with E-state index in [0.717, 1.165) is 13.0 Å². The first kappa shape index (κ1) is 11.1. The highest BCUT2D eigenvalue weighted by Crippen LogP contribution is 2.20. The van der Waals surface area contributed by atoms with Crippen molar-refractivity contribution in [2.45, 2.75) is 13.3 Å². The van der Waals surface area contributed by atoms with Crippen molar-refractivity contribution in [2.75, 3.05) is 43.1 Å². The molecule has 5 heteroatoms. The van der Waals surface area contributed by atoms with Crippen LogP contribution in [0.25, 0.3) is 0 Å². The van der Waals surface area contributed by atoms with E-state index in [2.05, 4.69) is 5.32 Å². The highest BCUT2D eigenvalue weighted by molar-refractivity contribution is 5.75. The lowest BCUT2D eigenvalue weighted by atomic mass is 10.1. The summed E-state index contributed by atoms with van der Waals surface area (Å²) in [5, 5.41) is 3.02. The molecule has 0 aliphatic carbocycles. The smallest absolute Gasteiger partial charge is 0.253 e. The number of nitrogens with one attached hydrogen (secondary N) is 1. The molecular weight excluding hydrogens is 208 g/mol. The maximum absolute atomic E-state index is 11.5. The lowest BCUT2D eigenvalue weighted by molar-refractivity contribution is 0.122. The van der Waals surface area contributed by atoms with Crippen molar-refractivity contribution in [1.82, 2.24) is 0 Å². The maximum atomic E-state index is 11.5. The van der Waals surface area contributed by atoms with Gasteiger partial charge >= 0.3 is 0 Å². The molecule has 16 heavy (non-hydrogen) atoms. The SMILES string of the molecule is CCCNc1c(N2CCOCC2)c(=O)c1=O. The molecule has 2 rings (SSSR count). The summed E-state index contributed by atoms with van der Waals surface area (Å²) >= 11 is 0. The third-order valence-electron chi connectivity index (χ3n) is 2.76. The third kappa shape index (κ3) is 1.82. The molecule has 1 aromatic rings. The molecule has 1 aromatic carbocycles. The van der Waals surface area contributed by atoms with E-state index in [0.29, 0.717) is 37.7 Å². The van der Waals surface area contributed by atoms with E-state index < -0.39 is 0 Å². The average Bonchev–Trinajstić information content (AvgIpc) is 2.34. The molecule has 1 aliphatic rings. The van der Waals surface area contributed by atoms with Crippen molar-refractivity contribution in [1.29, 1.82) is 0 Å². The standard InChI is InChI=1S/C11H16N2O3/c1-2-3-12-8-9(11(15)10(8)14)13-4-6-16-7-5-13/h12H,2-7H2,1H3. The molecule has 1 saturated heterocycles. The normalized spacial score (nSPS) is 16.7. The number of rotatable bonds is 4. The van der Waals surface area contributed by atoms with Crippen LogP contribution < -0.4 is 21.1 Å². The van der Waals surface area contributed by atoms with Gasteiger partial charge in [0.15, 0.2) is 0 Å². The fourth-order valence-corrected chi connectivity index (χ4v) is 1.88. The van der Waals surface area contributed by atoms with Crippen molar-refractivity contribution in [3.63, 3.8) is 0 Å². The Bertz CT molecular complexity index is 428. The van der Waals surface area contributed by atoms with Gasteiger partial charge in [0, 0.05) is 19.6 Å². The first-order chi connectivity index (χ1) is 7.75. The summed E-state index contributed by atoms with van der Waals surface area (Å²) in [6, 6.07) is 0. The van der Waals surface area contributed by atoms with Gasteiger partial charge in [0.1, 0.15) is 11.4 Å². The average molecular weight is 224 g/mol. The summed E-state index contributed by atoms with van der Waals surface area (Å²) in [6.07, 6.45) is 0.932. The maximum Gasteiger partial charge on any atom is 0.253 e. The van der Waals surface area contributed by atoms with E-state index in [4.69, 9.17) is 4.74 Å². The van der Waals surface area contributed by atoms with Gasteiger partial charge in [0.05, 0.1) is 13.2 Å². The number of hydrogen-bond donors (Lipinski definition) is 1. The fraction of sp³-hybridized carbons (Fsp3) is 0.636. The molecule has 88 valence electrons. The second-order valence-corrected chi connectivity index (χ2v) is 3.91. The molecule has 1 N–H and O–H groups in total. The molecule has 0 unspecified atom stereocenters. The third-order valence-corrected chi connectivity index (χ3v) is 2.76. The molecule has 0 spiro atoms. The Morgan fingerprint density at radius 3 is 2.56 bits per heavy atom. The van der Waals surface area contributed by atoms with E-state index in [1.54, 1.807) is 0 Å². The largest absolute Gasteiger partial charge is 0.380 e. The van der Waals surface area contributed by atoms with Crippen molar-refractivity contribution in [3.05, 3.63) is 20.4 Å². The van der Waals surface area contributed by atoms with Crippen LogP contribution in [0, 0.1) is 0 Å². The van der Waals surface area contributed by atoms with E-state index in [1.165, 1.54) is 0 Å². The summed E-state index contributed by atoms with van der Waals surface area (Å²) in [7, 11) is 0. The number of anilines is 2. The molecule has 1 heterocycles. The summed E-state index contributed by atoms with van der Waals surface area (Å²) < 4.78 is 5.22. The van der Waals surface area contributed by atoms with Crippen LogP contribution in [0.2, 0.25) is 0 Å². The summed E-state index contributed by atoms with van der Waals surface area (Å²) in [5.41, 5.74) is 0.311. The Labute approximate surface area is 93.7 Å². The van der Waals surface area contributed by atoms with Gasteiger partial charge in [-0.25, -0.2) is 0 Å². The lowest BCUT2D eigenvalue weighted by Gasteiger charge is -2.30. The van der Waals surface area contributed by atoms with Gasteiger partial charge < -0.3 is 15.0 Å². The molecule has 1 aliphatic heterocycles. The second-order valence-electron chi connectivity index (χ2n) is 3.91. The molecule has 0 bridgehead atoms. The Balaban J connectivity index is 2.16. The van der Waals surface area contributed by atoms with Crippen molar-refractivity contribution in [3.8, 4) is 0 Å². The van der Waals surface area contributed by atoms with Gasteiger partial charge in [-0.3, -0.25) is 9.59 Å². The zero-order chi connectivity index (χ0) is 11.5. The van der Waals surface area contributed by atoms with Crippen molar-refractivity contribution >= 4 is 11.4 Å². The van der Waals surface area contributed by atoms with Gasteiger partial charge in [-0.05, 0) is 6.42 Å². The summed E-state index contributed by atoms with van der Waals surface area (Å²) in [4.78, 5) is 24.8. The first-order valence-electron chi connectivity index (χ1n) is 5.65. The van der Waals surface area contributed by atoms with Crippen LogP contribution in [0.5, 0.6) is 0 Å². The topological polar surface area (TPSA) is 58.6 Å². The molecule has 5 nitrogen and oxygen atoms in total. The molecule has 0 saturated carbocycles. The van der Waals surface area contributed by atoms with Crippen LogP contribution in [-0.2, 0) is 4.74 Å². The van der Waals surface area contributed by atoms with E-state index in [9.17, 15) is 9.59 Å². The van der Waals surface area contributed by atoms with E-state index in [1.807, 2.05) is 11.8 Å². The quantitative estimate of drug-likeness (QED) is 0.726. The Morgan fingerprint density at radius 2 is 1.94 bits per heavy atom. The molecule has 1 fully saturated rings. The fourth-order valence-electron chi connectivity index (χ4n) is 1.88. The van der Waals surface area contributed by atoms with Gasteiger partial charge in [-0.2, -0.15) is 0 Å². The first-order valence-corrected chi connectivity index (χ1v) is 5.65. The highest BCUT2D eigenvalue weighted by atomic mass is 16.5. The lowest BCUT2D eigenvalue weighted by Crippen LogP contribution is -2.47. The minimum absolute atomic E-state index is 0.361. The van der Waals surface area contributed by atoms with Gasteiger partial charge in [-0.15, -0.1) is 0 Å². The molecule has 0 radical (unpaired) electrons. The Morgan fingerprint density at radius 1 is 1.25 bits per heavy atom. The minimum atomic E-state index is -0.380. The van der Waals surface area contributed by atoms with Gasteiger partial charge in [-0.1, -0.05) is 6.92 Å². The van der Waals surface area contributed by atoms with Gasteiger partial charge in [0.25, 0.3) is 10.9 Å². The van der Waals surface area contributed by atoms with Crippen LogP contribution >= 0.6 is 0 Å². The van der Waals surface area contributed by atoms with Crippen LogP contribution in [0.15, 0.2) is 9.59 Å². The van der Waals surface area contributed by atoms with E-state index in [-0.39, 0.29) is 10.9 Å². The number of morpholine rings is 1. The number of hydrogen-bond acceptors (Lipinski definition) is 5. The van der Waals surface area contributed by atoms with Crippen LogP contribution in [0.1, 0.15) is 13.3 Å². The molecule has 0 amide bonds. The summed E-state index contributed by atoms with van der Waals surface area (Å²) in [6.45, 7) is 5.35. The van der Waals surface area contributed by atoms with Crippen LogP contribution in [-0.4, -0.2) is 32.8 Å². The highest BCUT2D eigenvalue weighted by Gasteiger charge is 2.26. The molecule has 0 atom stereocenters.